The van der Waals surface area contributed by atoms with Crippen molar-refractivity contribution in [3.8, 4) is 39.9 Å². The molecule has 4 heterocycles. The molecule has 0 radical (unpaired) electrons. The molecule has 0 aliphatic carbocycles. The highest BCUT2D eigenvalue weighted by atomic mass is 32.3. The van der Waals surface area contributed by atoms with Crippen LogP contribution in [-0.4, -0.2) is 32.0 Å². The molecule has 1 unspecified atom stereocenters. The SMILES string of the molecule is CS1(C)c2ccccc2C2(c3ccccc3-n3c4ccccc4c4cccc2c43)c2cccc(-c3nc(-c4cccc5ccccc45)nc(-c4cccc5ccccc45)n3)c21. The molecule has 288 valence electrons. The van der Waals surface area contributed by atoms with Crippen LogP contribution in [0.1, 0.15) is 22.3 Å². The molecule has 11 aromatic rings. The van der Waals surface area contributed by atoms with Crippen LogP contribution in [0.5, 0.6) is 0 Å². The van der Waals surface area contributed by atoms with Gasteiger partial charge in [0.1, 0.15) is 0 Å². The van der Waals surface area contributed by atoms with Crippen LogP contribution < -0.4 is 0 Å². The van der Waals surface area contributed by atoms with Gasteiger partial charge in [0.05, 0.1) is 22.1 Å². The summed E-state index contributed by atoms with van der Waals surface area (Å²) in [5.74, 6) is 2.01. The number of benzene rings is 9. The van der Waals surface area contributed by atoms with E-state index in [2.05, 4.69) is 211 Å². The maximum absolute atomic E-state index is 5.53. The number of aromatic nitrogens is 4. The first kappa shape index (κ1) is 34.5. The fourth-order valence-electron chi connectivity index (χ4n) is 10.9. The maximum Gasteiger partial charge on any atom is 0.165 e. The second kappa shape index (κ2) is 12.6. The third-order valence-electron chi connectivity index (χ3n) is 13.4. The Hall–Kier alpha value is -7.34. The van der Waals surface area contributed by atoms with Crippen molar-refractivity contribution in [2.75, 3.05) is 12.5 Å². The van der Waals surface area contributed by atoms with Gasteiger partial charge < -0.3 is 4.57 Å². The third kappa shape index (κ3) is 4.59. The highest BCUT2D eigenvalue weighted by Crippen LogP contribution is 2.71. The van der Waals surface area contributed by atoms with E-state index < -0.39 is 15.4 Å². The summed E-state index contributed by atoms with van der Waals surface area (Å²) in [7, 11) is -1.66. The average Bonchev–Trinajstić information content (AvgIpc) is 3.66. The van der Waals surface area contributed by atoms with Gasteiger partial charge in [0.15, 0.2) is 17.5 Å². The lowest BCUT2D eigenvalue weighted by molar-refractivity contribution is 0.686. The fraction of sp³-hybridized carbons (Fsp3) is 0.0536. The molecule has 0 fully saturated rings. The highest BCUT2D eigenvalue weighted by molar-refractivity contribution is 8.33. The minimum atomic E-state index is -1.66. The predicted molar refractivity (Wildman–Crippen MR) is 253 cm³/mol. The Balaban J connectivity index is 1.17. The van der Waals surface area contributed by atoms with E-state index in [-0.39, 0.29) is 0 Å². The van der Waals surface area contributed by atoms with Crippen LogP contribution in [0.4, 0.5) is 0 Å². The lowest BCUT2D eigenvalue weighted by atomic mass is 9.62. The van der Waals surface area contributed by atoms with E-state index in [1.54, 1.807) is 0 Å². The monoisotopic (exact) mass is 798 g/mol. The summed E-state index contributed by atoms with van der Waals surface area (Å²) in [4.78, 5) is 19.1. The van der Waals surface area contributed by atoms with Crippen LogP contribution in [0.2, 0.25) is 0 Å². The molecule has 13 rings (SSSR count). The lowest BCUT2D eigenvalue weighted by Crippen LogP contribution is -2.39. The van der Waals surface area contributed by atoms with Gasteiger partial charge in [-0.25, -0.2) is 15.0 Å². The van der Waals surface area contributed by atoms with Gasteiger partial charge in [-0.3, -0.25) is 0 Å². The van der Waals surface area contributed by atoms with Crippen molar-refractivity contribution < 1.29 is 0 Å². The summed E-state index contributed by atoms with van der Waals surface area (Å²) < 4.78 is 2.51. The van der Waals surface area contributed by atoms with E-state index in [1.165, 1.54) is 59.5 Å². The number of nitrogens with zero attached hydrogens (tertiary/aromatic N) is 4. The summed E-state index contributed by atoms with van der Waals surface area (Å²) in [6.07, 6.45) is 4.93. The normalized spacial score (nSPS) is 16.4. The van der Waals surface area contributed by atoms with Crippen molar-refractivity contribution in [3.05, 3.63) is 216 Å². The molecule has 2 aliphatic heterocycles. The standard InChI is InChI=1S/C56H38N4S/c1-61(2)50-34-12-9-29-45(50)56(44-28-8-11-33-49(44)60-48-32-10-7-23-39(48)40-24-15-30-46(56)51(40)60)47-31-16-27-43(52(47)61)55-58-53(41-25-13-19-35-17-3-5-21-37(35)41)57-54(59-55)42-26-14-20-36-18-4-6-22-38(36)42/h3-34H,1-2H3. The summed E-state index contributed by atoms with van der Waals surface area (Å²) in [5.41, 5.74) is 11.3. The maximum atomic E-state index is 5.53. The average molecular weight is 799 g/mol. The second-order valence-electron chi connectivity index (χ2n) is 16.7. The minimum absolute atomic E-state index is 0.616. The first-order valence-electron chi connectivity index (χ1n) is 20.9. The summed E-state index contributed by atoms with van der Waals surface area (Å²) >= 11 is 0. The molecule has 61 heavy (non-hydrogen) atoms. The van der Waals surface area contributed by atoms with Gasteiger partial charge in [-0.2, -0.15) is 10.0 Å². The van der Waals surface area contributed by atoms with Crippen molar-refractivity contribution >= 4 is 53.4 Å². The first-order valence-corrected chi connectivity index (χ1v) is 23.3. The van der Waals surface area contributed by atoms with Crippen molar-refractivity contribution in [3.63, 3.8) is 0 Å². The van der Waals surface area contributed by atoms with Crippen LogP contribution in [0.25, 0.3) is 83.2 Å². The van der Waals surface area contributed by atoms with Gasteiger partial charge in [0.25, 0.3) is 0 Å². The molecule has 0 saturated heterocycles. The molecule has 0 N–H and O–H groups in total. The molecule has 2 aliphatic rings. The van der Waals surface area contributed by atoms with E-state index >= 15 is 0 Å². The van der Waals surface area contributed by atoms with Gasteiger partial charge in [0.2, 0.25) is 0 Å². The largest absolute Gasteiger partial charge is 0.309 e. The van der Waals surface area contributed by atoms with Crippen LogP contribution in [0.3, 0.4) is 0 Å². The van der Waals surface area contributed by atoms with Gasteiger partial charge in [0, 0.05) is 32.4 Å². The van der Waals surface area contributed by atoms with Crippen molar-refractivity contribution in [2.24, 2.45) is 0 Å². The van der Waals surface area contributed by atoms with Gasteiger partial charge in [-0.15, -0.1) is 0 Å². The minimum Gasteiger partial charge on any atom is -0.309 e. The van der Waals surface area contributed by atoms with Crippen molar-refractivity contribution in [1.29, 1.82) is 0 Å². The third-order valence-corrected chi connectivity index (χ3v) is 16.3. The molecule has 0 saturated carbocycles. The fourth-order valence-corrected chi connectivity index (χ4v) is 13.8. The molecule has 5 heteroatoms. The Morgan fingerprint density at radius 2 is 0.869 bits per heavy atom. The van der Waals surface area contributed by atoms with E-state index in [0.717, 1.165) is 38.2 Å². The molecule has 1 atom stereocenters. The molecule has 0 bridgehead atoms. The number of para-hydroxylation sites is 3. The van der Waals surface area contributed by atoms with E-state index in [1.807, 2.05) is 0 Å². The smallest absolute Gasteiger partial charge is 0.165 e. The Morgan fingerprint density at radius 3 is 1.59 bits per heavy atom. The van der Waals surface area contributed by atoms with Gasteiger partial charge in [-0.05, 0) is 79.4 Å². The number of rotatable bonds is 3. The Kier molecular flexibility index (Phi) is 7.12. The molecular weight excluding hydrogens is 761 g/mol. The molecule has 4 nitrogen and oxygen atoms in total. The quantitative estimate of drug-likeness (QED) is 0.179. The van der Waals surface area contributed by atoms with E-state index in [4.69, 9.17) is 15.0 Å². The van der Waals surface area contributed by atoms with Crippen molar-refractivity contribution in [2.45, 2.75) is 15.2 Å². The van der Waals surface area contributed by atoms with Crippen LogP contribution in [-0.2, 0) is 5.41 Å². The number of fused-ring (bicyclic) bond motifs is 13. The topological polar surface area (TPSA) is 43.6 Å². The van der Waals surface area contributed by atoms with E-state index in [9.17, 15) is 0 Å². The lowest BCUT2D eigenvalue weighted by Gasteiger charge is -2.52. The summed E-state index contributed by atoms with van der Waals surface area (Å²) in [5, 5.41) is 7.06. The zero-order chi connectivity index (χ0) is 40.5. The Morgan fingerprint density at radius 1 is 0.393 bits per heavy atom. The van der Waals surface area contributed by atoms with E-state index in [0.29, 0.717) is 17.5 Å². The van der Waals surface area contributed by atoms with Crippen LogP contribution in [0, 0.1) is 0 Å². The molecular formula is C56H38N4S. The van der Waals surface area contributed by atoms with Crippen LogP contribution >= 0.6 is 10.0 Å². The zero-order valence-corrected chi connectivity index (χ0v) is 34.5. The molecule has 2 aromatic heterocycles. The first-order chi connectivity index (χ1) is 30.0. The van der Waals surface area contributed by atoms with Crippen LogP contribution in [0.15, 0.2) is 204 Å². The zero-order valence-electron chi connectivity index (χ0n) is 33.7. The molecule has 9 aromatic carbocycles. The highest BCUT2D eigenvalue weighted by Gasteiger charge is 2.52. The van der Waals surface area contributed by atoms with Gasteiger partial charge in [-0.1, -0.05) is 176 Å². The predicted octanol–water partition coefficient (Wildman–Crippen LogP) is 13.8. The van der Waals surface area contributed by atoms with Crippen molar-refractivity contribution in [1.82, 2.24) is 19.5 Å². The Labute approximate surface area is 355 Å². The number of hydrogen-bond acceptors (Lipinski definition) is 3. The summed E-state index contributed by atoms with van der Waals surface area (Å²) in [6.45, 7) is 0. The second-order valence-corrected chi connectivity index (χ2v) is 20.2. The number of hydrogen-bond donors (Lipinski definition) is 0. The molecule has 1 spiro atoms. The summed E-state index contributed by atoms with van der Waals surface area (Å²) in [6, 6.07) is 70.9. The Bertz CT molecular complexity index is 3550. The van der Waals surface area contributed by atoms with Gasteiger partial charge >= 0.3 is 0 Å². The molecule has 0 amide bonds.